The van der Waals surface area contributed by atoms with Crippen LogP contribution < -0.4 is 0 Å². The second kappa shape index (κ2) is 12.2. The molecule has 0 spiro atoms. The van der Waals surface area contributed by atoms with E-state index < -0.39 is 56.1 Å². The summed E-state index contributed by atoms with van der Waals surface area (Å²) in [5.74, 6) is -1.13. The van der Waals surface area contributed by atoms with Crippen molar-refractivity contribution < 1.29 is 33.3 Å². The van der Waals surface area contributed by atoms with E-state index in [0.717, 1.165) is 29.9 Å². The molecule has 1 N–H and O–H groups in total. The number of carbonyl (C=O) groups excluding carboxylic acids is 2. The minimum atomic E-state index is -1.79. The van der Waals surface area contributed by atoms with Crippen molar-refractivity contribution in [3.8, 4) is 0 Å². The molecule has 6 atom stereocenters. The topological polar surface area (TPSA) is 94.5 Å². The Balaban J connectivity index is 1.59. The number of hydrogen-bond donors (Lipinski definition) is 1. The third-order valence-electron chi connectivity index (χ3n) is 8.85. The summed E-state index contributed by atoms with van der Waals surface area (Å²) in [6.45, 7) is 21.7. The summed E-state index contributed by atoms with van der Waals surface area (Å²) >= 11 is 0. The smallest absolute Gasteiger partial charge is 0.417 e. The highest BCUT2D eigenvalue weighted by atomic mass is 28.4. The number of rotatable bonds is 11. The first-order chi connectivity index (χ1) is 18.4. The fraction of sp³-hybridized carbons (Fsp3) is 0.742. The van der Waals surface area contributed by atoms with Gasteiger partial charge in [-0.3, -0.25) is 4.79 Å². The van der Waals surface area contributed by atoms with Gasteiger partial charge >= 0.3 is 6.09 Å². The molecule has 0 saturated carbocycles. The summed E-state index contributed by atoms with van der Waals surface area (Å²) < 4.78 is 24.5. The molecule has 2 amide bonds. The average Bonchev–Trinajstić information content (AvgIpc) is 3.27. The maximum Gasteiger partial charge on any atom is 0.417 e. The van der Waals surface area contributed by atoms with Crippen LogP contribution >= 0.6 is 0 Å². The number of nitrogens with zero attached hydrogens (tertiary/aromatic N) is 1. The van der Waals surface area contributed by atoms with E-state index in [1.807, 2.05) is 51.1 Å². The number of amides is 2. The Kier molecular flexibility index (Phi) is 9.99. The highest BCUT2D eigenvalue weighted by molar-refractivity contribution is 6.74. The lowest BCUT2D eigenvalue weighted by Crippen LogP contribution is -2.47. The SMILES string of the molecule is C[C@@H](CCC[C@@]1(C)OC(C)(C)O[C@@H]1C[C@H](O)C(=O)N1C(=O)O[C@H](c2ccccc2)[C@@H]1C)CO[Si](C)(C)C(C)(C)C. The minimum absolute atomic E-state index is 0.0231. The summed E-state index contributed by atoms with van der Waals surface area (Å²) in [6.07, 6.45) is -0.663. The molecule has 2 fully saturated rings. The zero-order chi connectivity index (χ0) is 30.1. The van der Waals surface area contributed by atoms with Gasteiger partial charge in [0.1, 0.15) is 12.2 Å². The Hall–Kier alpha value is -1.78. The van der Waals surface area contributed by atoms with Gasteiger partial charge in [0.15, 0.2) is 14.1 Å². The van der Waals surface area contributed by atoms with E-state index >= 15 is 0 Å². The Morgan fingerprint density at radius 2 is 1.80 bits per heavy atom. The number of ether oxygens (including phenoxy) is 3. The van der Waals surface area contributed by atoms with Gasteiger partial charge < -0.3 is 23.7 Å². The zero-order valence-corrected chi connectivity index (χ0v) is 27.2. The maximum atomic E-state index is 13.3. The second-order valence-electron chi connectivity index (χ2n) is 13.9. The van der Waals surface area contributed by atoms with Crippen molar-refractivity contribution >= 4 is 20.3 Å². The lowest BCUT2D eigenvalue weighted by Gasteiger charge is -2.37. The molecule has 9 heteroatoms. The molecule has 2 heterocycles. The molecule has 2 saturated heterocycles. The summed E-state index contributed by atoms with van der Waals surface area (Å²) in [6, 6.07) is 8.77. The standard InChI is InChI=1S/C31H51NO7Si/c1-21(20-36-40(9,10)29(3,4)5)15-14-18-31(8)25(38-30(6,7)39-31)19-24(33)27(34)32-22(2)26(37-28(32)35)23-16-12-11-13-17-23/h11-13,16-17,21-22,24-26,33H,14-15,18-20H2,1-10H3/t21-,22-,24-,25+,26-,31+/m0/s1. The molecule has 8 nitrogen and oxygen atoms in total. The Morgan fingerprint density at radius 1 is 1.18 bits per heavy atom. The van der Waals surface area contributed by atoms with Crippen molar-refractivity contribution in [3.05, 3.63) is 35.9 Å². The molecule has 1 aromatic rings. The van der Waals surface area contributed by atoms with Crippen LogP contribution in [0.25, 0.3) is 0 Å². The van der Waals surface area contributed by atoms with Gasteiger partial charge in [0.2, 0.25) is 0 Å². The van der Waals surface area contributed by atoms with Gasteiger partial charge in [-0.1, -0.05) is 64.4 Å². The fourth-order valence-electron chi connectivity index (χ4n) is 5.39. The van der Waals surface area contributed by atoms with E-state index in [1.165, 1.54) is 0 Å². The fourth-order valence-corrected chi connectivity index (χ4v) is 6.52. The van der Waals surface area contributed by atoms with Crippen LogP contribution in [0.1, 0.15) is 92.7 Å². The first kappa shape index (κ1) is 32.7. The van der Waals surface area contributed by atoms with Gasteiger partial charge in [-0.2, -0.15) is 0 Å². The van der Waals surface area contributed by atoms with E-state index in [1.54, 1.807) is 6.92 Å². The van der Waals surface area contributed by atoms with Crippen LogP contribution in [-0.2, 0) is 23.4 Å². The molecular formula is C31H51NO7Si. The Labute approximate surface area is 241 Å². The van der Waals surface area contributed by atoms with Crippen molar-refractivity contribution in [2.24, 2.45) is 5.92 Å². The van der Waals surface area contributed by atoms with E-state index in [0.29, 0.717) is 12.3 Å². The van der Waals surface area contributed by atoms with Crippen LogP contribution in [0.5, 0.6) is 0 Å². The number of aliphatic hydroxyl groups is 1. The summed E-state index contributed by atoms with van der Waals surface area (Å²) in [5.41, 5.74) is 0.119. The number of hydrogen-bond acceptors (Lipinski definition) is 7. The lowest BCUT2D eigenvalue weighted by atomic mass is 9.87. The third kappa shape index (κ3) is 7.53. The van der Waals surface area contributed by atoms with Crippen molar-refractivity contribution in [1.29, 1.82) is 0 Å². The molecule has 1 aromatic carbocycles. The molecule has 3 rings (SSSR count). The number of carbonyl (C=O) groups is 2. The van der Waals surface area contributed by atoms with Gasteiger partial charge in [0, 0.05) is 13.0 Å². The molecule has 2 aliphatic rings. The maximum absolute atomic E-state index is 13.3. The molecule has 40 heavy (non-hydrogen) atoms. The van der Waals surface area contributed by atoms with Crippen LogP contribution in [0.15, 0.2) is 30.3 Å². The average molecular weight is 578 g/mol. The van der Waals surface area contributed by atoms with Gasteiger partial charge in [0.25, 0.3) is 5.91 Å². The van der Waals surface area contributed by atoms with Crippen LogP contribution in [0.2, 0.25) is 18.1 Å². The van der Waals surface area contributed by atoms with E-state index in [4.69, 9.17) is 18.6 Å². The zero-order valence-electron chi connectivity index (χ0n) is 26.2. The Bertz CT molecular complexity index is 1020. The lowest BCUT2D eigenvalue weighted by molar-refractivity contribution is -0.163. The largest absolute Gasteiger partial charge is 0.439 e. The molecule has 226 valence electrons. The third-order valence-corrected chi connectivity index (χ3v) is 13.3. The van der Waals surface area contributed by atoms with Crippen molar-refractivity contribution in [2.45, 2.75) is 135 Å². The van der Waals surface area contributed by atoms with Crippen LogP contribution in [0.3, 0.4) is 0 Å². The monoisotopic (exact) mass is 577 g/mol. The quantitative estimate of drug-likeness (QED) is 0.297. The first-order valence-corrected chi connectivity index (χ1v) is 17.6. The first-order valence-electron chi connectivity index (χ1n) is 14.7. The van der Waals surface area contributed by atoms with Crippen molar-refractivity contribution in [2.75, 3.05) is 6.61 Å². The summed E-state index contributed by atoms with van der Waals surface area (Å²) in [4.78, 5) is 27.0. The molecule has 0 radical (unpaired) electrons. The molecule has 0 aromatic heterocycles. The van der Waals surface area contributed by atoms with Crippen molar-refractivity contribution in [3.63, 3.8) is 0 Å². The van der Waals surface area contributed by atoms with E-state index in [-0.39, 0.29) is 11.5 Å². The van der Waals surface area contributed by atoms with E-state index in [9.17, 15) is 14.7 Å². The normalized spacial score (nSPS) is 28.4. The molecule has 0 unspecified atom stereocenters. The molecule has 0 bridgehead atoms. The van der Waals surface area contributed by atoms with Crippen LogP contribution in [0, 0.1) is 5.92 Å². The van der Waals surface area contributed by atoms with Gasteiger partial charge in [-0.15, -0.1) is 0 Å². The number of benzene rings is 1. The van der Waals surface area contributed by atoms with Gasteiger partial charge in [0.05, 0.1) is 17.7 Å². The highest BCUT2D eigenvalue weighted by Crippen LogP contribution is 2.42. The molecule has 0 aliphatic carbocycles. The predicted octanol–water partition coefficient (Wildman–Crippen LogP) is 6.58. The number of cyclic esters (lactones) is 1. The minimum Gasteiger partial charge on any atom is -0.439 e. The summed E-state index contributed by atoms with van der Waals surface area (Å²) in [5, 5.41) is 11.2. The van der Waals surface area contributed by atoms with Crippen LogP contribution in [-0.4, -0.2) is 66.6 Å². The van der Waals surface area contributed by atoms with E-state index in [2.05, 4.69) is 40.8 Å². The Morgan fingerprint density at radius 3 is 2.40 bits per heavy atom. The number of aliphatic hydroxyl groups excluding tert-OH is 1. The molecule has 2 aliphatic heterocycles. The van der Waals surface area contributed by atoms with Crippen molar-refractivity contribution in [1.82, 2.24) is 4.90 Å². The summed E-state index contributed by atoms with van der Waals surface area (Å²) in [7, 11) is -1.79. The predicted molar refractivity (Wildman–Crippen MR) is 157 cm³/mol. The molecular weight excluding hydrogens is 526 g/mol. The van der Waals surface area contributed by atoms with Gasteiger partial charge in [-0.05, 0) is 70.2 Å². The second-order valence-corrected chi connectivity index (χ2v) is 18.7. The number of imide groups is 1. The van der Waals surface area contributed by atoms with Crippen LogP contribution in [0.4, 0.5) is 4.79 Å². The highest BCUT2D eigenvalue weighted by Gasteiger charge is 2.52. The van der Waals surface area contributed by atoms with Gasteiger partial charge in [-0.25, -0.2) is 9.69 Å².